The number of halogens is 1. The van der Waals surface area contributed by atoms with E-state index < -0.39 is 6.04 Å². The first kappa shape index (κ1) is 15.1. The quantitative estimate of drug-likeness (QED) is 0.765. The highest BCUT2D eigenvalue weighted by atomic mass is 19.1. The second-order valence-corrected chi connectivity index (χ2v) is 4.52. The predicted molar refractivity (Wildman–Crippen MR) is 79.1 cm³/mol. The molecule has 0 radical (unpaired) electrons. The van der Waals surface area contributed by atoms with Crippen LogP contribution < -0.4 is 10.1 Å². The van der Waals surface area contributed by atoms with Crippen molar-refractivity contribution in [2.45, 2.75) is 13.0 Å². The van der Waals surface area contributed by atoms with Gasteiger partial charge in [-0.3, -0.25) is 0 Å². The number of phenolic OH excluding ortho intramolecular Hbond substituents is 1. The van der Waals surface area contributed by atoms with Gasteiger partial charge in [0.15, 0.2) is 11.5 Å². The number of aliphatic hydroxyl groups is 1. The van der Waals surface area contributed by atoms with Gasteiger partial charge in [0.1, 0.15) is 5.82 Å². The number of rotatable bonds is 6. The van der Waals surface area contributed by atoms with Crippen LogP contribution >= 0.6 is 0 Å². The number of benzene rings is 2. The van der Waals surface area contributed by atoms with Gasteiger partial charge >= 0.3 is 0 Å². The van der Waals surface area contributed by atoms with Gasteiger partial charge in [-0.2, -0.15) is 0 Å². The average Bonchev–Trinajstić information content (AvgIpc) is 2.49. The number of ether oxygens (including phenoxy) is 1. The highest BCUT2D eigenvalue weighted by molar-refractivity contribution is 5.49. The third-order valence-electron chi connectivity index (χ3n) is 3.07. The van der Waals surface area contributed by atoms with E-state index in [0.29, 0.717) is 23.6 Å². The molecule has 3 N–H and O–H groups in total. The van der Waals surface area contributed by atoms with E-state index in [1.807, 2.05) is 6.92 Å². The van der Waals surface area contributed by atoms with Crippen molar-refractivity contribution in [1.82, 2.24) is 0 Å². The number of hydrogen-bond donors (Lipinski definition) is 3. The molecule has 1 atom stereocenters. The number of aliphatic hydroxyl groups excluding tert-OH is 1. The van der Waals surface area contributed by atoms with Crippen LogP contribution in [0.5, 0.6) is 11.5 Å². The van der Waals surface area contributed by atoms with Crippen molar-refractivity contribution in [3.63, 3.8) is 0 Å². The lowest BCUT2D eigenvalue weighted by atomic mass is 10.1. The summed E-state index contributed by atoms with van der Waals surface area (Å²) in [5.74, 6) is -0.0216. The van der Waals surface area contributed by atoms with Gasteiger partial charge in [0.2, 0.25) is 0 Å². The van der Waals surface area contributed by atoms with Crippen LogP contribution in [-0.2, 0) is 0 Å². The van der Waals surface area contributed by atoms with Gasteiger partial charge in [-0.1, -0.05) is 18.2 Å². The second-order valence-electron chi connectivity index (χ2n) is 4.52. The van der Waals surface area contributed by atoms with Crippen LogP contribution in [0.25, 0.3) is 0 Å². The zero-order valence-electron chi connectivity index (χ0n) is 11.7. The Labute approximate surface area is 122 Å². The molecule has 0 spiro atoms. The maximum absolute atomic E-state index is 13.7. The van der Waals surface area contributed by atoms with Gasteiger partial charge in [-0.05, 0) is 36.8 Å². The Morgan fingerprint density at radius 3 is 2.67 bits per heavy atom. The number of nitrogens with one attached hydrogen (secondary N) is 1. The molecule has 0 bridgehead atoms. The Kier molecular flexibility index (Phi) is 5.00. The van der Waals surface area contributed by atoms with Gasteiger partial charge in [-0.15, -0.1) is 0 Å². The van der Waals surface area contributed by atoms with E-state index in [1.165, 1.54) is 12.1 Å². The molecule has 21 heavy (non-hydrogen) atoms. The molecular formula is C16H18FNO3. The van der Waals surface area contributed by atoms with Crippen LogP contribution in [0.15, 0.2) is 42.5 Å². The molecule has 2 aromatic carbocycles. The molecule has 0 heterocycles. The number of anilines is 1. The van der Waals surface area contributed by atoms with Crippen molar-refractivity contribution in [3.05, 3.63) is 53.8 Å². The molecule has 0 aliphatic carbocycles. The fraction of sp³-hybridized carbons (Fsp3) is 0.250. The van der Waals surface area contributed by atoms with Crippen molar-refractivity contribution in [1.29, 1.82) is 0 Å². The maximum atomic E-state index is 13.7. The fourth-order valence-electron chi connectivity index (χ4n) is 2.02. The zero-order chi connectivity index (χ0) is 15.2. The number of phenols is 1. The van der Waals surface area contributed by atoms with Gasteiger partial charge in [0.25, 0.3) is 0 Å². The number of aromatic hydroxyl groups is 1. The Bertz CT molecular complexity index is 604. The first-order valence-electron chi connectivity index (χ1n) is 6.73. The van der Waals surface area contributed by atoms with Gasteiger partial charge in [-0.25, -0.2) is 4.39 Å². The molecule has 0 saturated carbocycles. The highest BCUT2D eigenvalue weighted by Gasteiger charge is 2.14. The predicted octanol–water partition coefficient (Wildman–Crippen LogP) is 3.08. The van der Waals surface area contributed by atoms with Crippen molar-refractivity contribution in [3.8, 4) is 11.5 Å². The molecule has 5 heteroatoms. The number of hydrogen-bond acceptors (Lipinski definition) is 4. The standard InChI is InChI=1S/C16H18FNO3/c1-2-21-16-9-11(7-8-15(16)20)14(10-19)18-13-6-4-3-5-12(13)17/h3-9,14,18-20H,2,10H2,1H3. The Morgan fingerprint density at radius 1 is 1.24 bits per heavy atom. The Hall–Kier alpha value is -2.27. The van der Waals surface area contributed by atoms with Crippen LogP contribution in [0.4, 0.5) is 10.1 Å². The van der Waals surface area contributed by atoms with E-state index >= 15 is 0 Å². The lowest BCUT2D eigenvalue weighted by Gasteiger charge is -2.19. The molecule has 0 saturated heterocycles. The second kappa shape index (κ2) is 6.95. The lowest BCUT2D eigenvalue weighted by molar-refractivity contribution is 0.275. The largest absolute Gasteiger partial charge is 0.504 e. The minimum atomic E-state index is -0.498. The van der Waals surface area contributed by atoms with E-state index in [-0.39, 0.29) is 18.2 Å². The summed E-state index contributed by atoms with van der Waals surface area (Å²) < 4.78 is 19.0. The van der Waals surface area contributed by atoms with E-state index in [4.69, 9.17) is 4.74 Å². The highest BCUT2D eigenvalue weighted by Crippen LogP contribution is 2.30. The summed E-state index contributed by atoms with van der Waals surface area (Å²) in [5.41, 5.74) is 1.00. The van der Waals surface area contributed by atoms with E-state index in [1.54, 1.807) is 30.3 Å². The molecule has 0 aliphatic heterocycles. The van der Waals surface area contributed by atoms with Crippen molar-refractivity contribution in [2.24, 2.45) is 0 Å². The molecule has 112 valence electrons. The average molecular weight is 291 g/mol. The molecule has 1 unspecified atom stereocenters. The monoisotopic (exact) mass is 291 g/mol. The smallest absolute Gasteiger partial charge is 0.161 e. The van der Waals surface area contributed by atoms with Crippen LogP contribution in [0.3, 0.4) is 0 Å². The maximum Gasteiger partial charge on any atom is 0.161 e. The third kappa shape index (κ3) is 3.64. The van der Waals surface area contributed by atoms with Crippen LogP contribution in [-0.4, -0.2) is 23.4 Å². The molecule has 0 amide bonds. The lowest BCUT2D eigenvalue weighted by Crippen LogP contribution is -2.15. The summed E-state index contributed by atoms with van der Waals surface area (Å²) in [7, 11) is 0. The normalized spacial score (nSPS) is 12.0. The summed E-state index contributed by atoms with van der Waals surface area (Å²) in [6, 6.07) is 10.5. The summed E-state index contributed by atoms with van der Waals surface area (Å²) in [4.78, 5) is 0. The van der Waals surface area contributed by atoms with E-state index in [2.05, 4.69) is 5.32 Å². The molecular weight excluding hydrogens is 273 g/mol. The van der Waals surface area contributed by atoms with Crippen molar-refractivity contribution < 1.29 is 19.3 Å². The zero-order valence-corrected chi connectivity index (χ0v) is 11.7. The molecule has 2 rings (SSSR count). The third-order valence-corrected chi connectivity index (χ3v) is 3.07. The first-order valence-corrected chi connectivity index (χ1v) is 6.73. The first-order chi connectivity index (χ1) is 10.2. The molecule has 0 fully saturated rings. The summed E-state index contributed by atoms with van der Waals surface area (Å²) in [6.07, 6.45) is 0. The molecule has 2 aromatic rings. The molecule has 4 nitrogen and oxygen atoms in total. The summed E-state index contributed by atoms with van der Waals surface area (Å²) in [6.45, 7) is 2.01. The van der Waals surface area contributed by atoms with Crippen molar-refractivity contribution in [2.75, 3.05) is 18.5 Å². The van der Waals surface area contributed by atoms with Gasteiger partial charge in [0, 0.05) is 0 Å². The minimum Gasteiger partial charge on any atom is -0.504 e. The number of para-hydroxylation sites is 1. The Balaban J connectivity index is 2.25. The van der Waals surface area contributed by atoms with E-state index in [9.17, 15) is 14.6 Å². The fourth-order valence-corrected chi connectivity index (χ4v) is 2.02. The van der Waals surface area contributed by atoms with Crippen molar-refractivity contribution >= 4 is 5.69 Å². The minimum absolute atomic E-state index is 0.0307. The van der Waals surface area contributed by atoms with Gasteiger partial charge in [0.05, 0.1) is 24.9 Å². The van der Waals surface area contributed by atoms with Crippen LogP contribution in [0.2, 0.25) is 0 Å². The van der Waals surface area contributed by atoms with Crippen LogP contribution in [0.1, 0.15) is 18.5 Å². The Morgan fingerprint density at radius 2 is 2.00 bits per heavy atom. The van der Waals surface area contributed by atoms with Gasteiger partial charge < -0.3 is 20.3 Å². The summed E-state index contributed by atoms with van der Waals surface area (Å²) in [5, 5.41) is 22.2. The molecule has 0 aromatic heterocycles. The van der Waals surface area contributed by atoms with E-state index in [0.717, 1.165) is 0 Å². The van der Waals surface area contributed by atoms with Crippen LogP contribution in [0, 0.1) is 5.82 Å². The molecule has 0 aliphatic rings. The SMILES string of the molecule is CCOc1cc(C(CO)Nc2ccccc2F)ccc1O. The topological polar surface area (TPSA) is 61.7 Å². The summed E-state index contributed by atoms with van der Waals surface area (Å²) >= 11 is 0.